The number of hydrogen-bond acceptors (Lipinski definition) is 5. The van der Waals surface area contributed by atoms with Crippen LogP contribution in [0.4, 0.5) is 23.2 Å². The van der Waals surface area contributed by atoms with Crippen LogP contribution in [0.2, 0.25) is 5.02 Å². The van der Waals surface area contributed by atoms with Gasteiger partial charge in [-0.15, -0.1) is 11.3 Å². The minimum absolute atomic E-state index is 0.0711. The molecule has 2 aromatic heterocycles. The molecule has 0 saturated carbocycles. The summed E-state index contributed by atoms with van der Waals surface area (Å²) >= 11 is 6.94. The van der Waals surface area contributed by atoms with E-state index in [4.69, 9.17) is 11.6 Å². The van der Waals surface area contributed by atoms with Crippen molar-refractivity contribution in [2.75, 3.05) is 12.4 Å². The van der Waals surface area contributed by atoms with Crippen LogP contribution in [-0.2, 0) is 21.2 Å². The number of carbonyl (C=O) groups is 1. The molecule has 0 radical (unpaired) electrons. The molecule has 2 atom stereocenters. The first-order chi connectivity index (χ1) is 16.3. The van der Waals surface area contributed by atoms with Crippen molar-refractivity contribution in [1.82, 2.24) is 14.0 Å². The van der Waals surface area contributed by atoms with Crippen molar-refractivity contribution in [3.63, 3.8) is 0 Å². The fourth-order valence-corrected chi connectivity index (χ4v) is 6.02. The summed E-state index contributed by atoms with van der Waals surface area (Å²) in [6.45, 7) is 0. The number of amides is 1. The average Bonchev–Trinajstić information content (AvgIpc) is 3.28. The molecule has 3 heterocycles. The van der Waals surface area contributed by atoms with Crippen molar-refractivity contribution in [3.05, 3.63) is 69.4 Å². The van der Waals surface area contributed by atoms with E-state index in [1.54, 1.807) is 11.4 Å². The van der Waals surface area contributed by atoms with Crippen LogP contribution in [0.3, 0.4) is 0 Å². The van der Waals surface area contributed by atoms with Crippen molar-refractivity contribution in [2.24, 2.45) is 0 Å². The van der Waals surface area contributed by atoms with Crippen LogP contribution in [0, 0.1) is 5.82 Å². The van der Waals surface area contributed by atoms with Gasteiger partial charge in [-0.05, 0) is 47.7 Å². The number of aromatic nitrogens is 1. The standard InChI is InChI=1S/C21H17ClF4N4O3S2/c1-30-17(20(31)28-13-3-4-15(23)14(22)7-13)8-16(29-35(30,32)33)18-6-12(10-34-18)11-2-5-19(27-9-11)21(24,25)26/h2-7,9-10,16-17,29H,8H2,1H3,(H,28,31)/t16-,17+/m1/s1. The van der Waals surface area contributed by atoms with E-state index in [0.29, 0.717) is 16.0 Å². The summed E-state index contributed by atoms with van der Waals surface area (Å²) < 4.78 is 80.5. The van der Waals surface area contributed by atoms with Crippen molar-refractivity contribution < 1.29 is 30.8 Å². The second-order valence-corrected chi connectivity index (χ2v) is 10.8. The Hall–Kier alpha value is -2.58. The molecule has 1 fully saturated rings. The number of likely N-dealkylation sites (N-methyl/N-ethyl adjacent to an activating group) is 1. The van der Waals surface area contributed by atoms with Gasteiger partial charge in [-0.1, -0.05) is 17.7 Å². The normalized spacial score (nSPS) is 20.5. The van der Waals surface area contributed by atoms with Gasteiger partial charge in [0.25, 0.3) is 10.2 Å². The first-order valence-corrected chi connectivity index (χ1v) is 12.7. The van der Waals surface area contributed by atoms with Gasteiger partial charge >= 0.3 is 6.18 Å². The Balaban J connectivity index is 1.55. The lowest BCUT2D eigenvalue weighted by Gasteiger charge is -2.35. The molecule has 7 nitrogen and oxygen atoms in total. The molecule has 0 unspecified atom stereocenters. The first kappa shape index (κ1) is 25.5. The van der Waals surface area contributed by atoms with Gasteiger partial charge in [0, 0.05) is 29.4 Å². The van der Waals surface area contributed by atoms with Crippen molar-refractivity contribution in [3.8, 4) is 11.1 Å². The zero-order valence-corrected chi connectivity index (χ0v) is 20.2. The minimum Gasteiger partial charge on any atom is -0.325 e. The molecule has 1 saturated heterocycles. The third-order valence-corrected chi connectivity index (χ3v) is 8.34. The molecule has 1 aromatic carbocycles. The molecule has 1 aliphatic rings. The third-order valence-electron chi connectivity index (χ3n) is 5.41. The van der Waals surface area contributed by atoms with E-state index in [1.165, 1.54) is 36.6 Å². The smallest absolute Gasteiger partial charge is 0.325 e. The molecular formula is C21H17ClF4N4O3S2. The van der Waals surface area contributed by atoms with E-state index in [-0.39, 0.29) is 17.1 Å². The number of benzene rings is 1. The molecule has 4 rings (SSSR count). The lowest BCUT2D eigenvalue weighted by Crippen LogP contribution is -2.55. The van der Waals surface area contributed by atoms with Crippen LogP contribution in [0.25, 0.3) is 11.1 Å². The molecule has 0 aliphatic carbocycles. The monoisotopic (exact) mass is 548 g/mol. The minimum atomic E-state index is -4.56. The number of carbonyl (C=O) groups excluding carboxylic acids is 1. The molecule has 1 amide bonds. The fraction of sp³-hybridized carbons (Fsp3) is 0.238. The zero-order valence-electron chi connectivity index (χ0n) is 17.8. The lowest BCUT2D eigenvalue weighted by atomic mass is 10.0. The van der Waals surface area contributed by atoms with E-state index in [1.807, 2.05) is 0 Å². The molecule has 186 valence electrons. The number of nitrogens with zero attached hydrogens (tertiary/aromatic N) is 2. The van der Waals surface area contributed by atoms with Crippen LogP contribution in [-0.4, -0.2) is 36.7 Å². The maximum atomic E-state index is 13.4. The quantitative estimate of drug-likeness (QED) is 0.457. The van der Waals surface area contributed by atoms with Crippen LogP contribution in [0.1, 0.15) is 23.0 Å². The highest BCUT2D eigenvalue weighted by Crippen LogP contribution is 2.36. The number of rotatable bonds is 4. The largest absolute Gasteiger partial charge is 0.433 e. The summed E-state index contributed by atoms with van der Waals surface area (Å²) in [5.74, 6) is -1.29. The highest BCUT2D eigenvalue weighted by atomic mass is 35.5. The molecule has 3 aromatic rings. The molecule has 2 N–H and O–H groups in total. The summed E-state index contributed by atoms with van der Waals surface area (Å²) in [6.07, 6.45) is -3.39. The number of alkyl halides is 3. The number of hydrogen-bond donors (Lipinski definition) is 2. The lowest BCUT2D eigenvalue weighted by molar-refractivity contribution is -0.141. The van der Waals surface area contributed by atoms with E-state index in [0.717, 1.165) is 22.6 Å². The number of nitrogens with one attached hydrogen (secondary N) is 2. The molecule has 0 spiro atoms. The second-order valence-electron chi connectivity index (χ2n) is 7.73. The topological polar surface area (TPSA) is 91.4 Å². The molecule has 35 heavy (non-hydrogen) atoms. The number of halogens is 5. The Morgan fingerprint density at radius 3 is 2.60 bits per heavy atom. The maximum Gasteiger partial charge on any atom is 0.433 e. The van der Waals surface area contributed by atoms with E-state index < -0.39 is 45.9 Å². The van der Waals surface area contributed by atoms with Gasteiger partial charge < -0.3 is 5.32 Å². The maximum absolute atomic E-state index is 13.4. The SMILES string of the molecule is CN1[C@H](C(=O)Nc2ccc(F)c(Cl)c2)C[C@H](c2cc(-c3ccc(C(F)(F)F)nc3)cs2)NS1(=O)=O. The molecule has 1 aliphatic heterocycles. The third kappa shape index (κ3) is 5.48. The zero-order chi connectivity index (χ0) is 25.5. The van der Waals surface area contributed by atoms with Crippen LogP contribution in [0.15, 0.2) is 48.0 Å². The summed E-state index contributed by atoms with van der Waals surface area (Å²) in [5.41, 5.74) is 0.177. The number of thiophene rings is 1. The van der Waals surface area contributed by atoms with Gasteiger partial charge in [0.15, 0.2) is 0 Å². The van der Waals surface area contributed by atoms with Gasteiger partial charge in [-0.2, -0.15) is 30.6 Å². The predicted molar refractivity (Wildman–Crippen MR) is 124 cm³/mol. The molecule has 0 bridgehead atoms. The first-order valence-electron chi connectivity index (χ1n) is 9.98. The average molecular weight is 549 g/mol. The van der Waals surface area contributed by atoms with Crippen molar-refractivity contribution >= 4 is 44.7 Å². The fourth-order valence-electron chi connectivity index (χ4n) is 3.52. The van der Waals surface area contributed by atoms with Gasteiger partial charge in [-0.25, -0.2) is 4.39 Å². The molecule has 14 heteroatoms. The number of anilines is 1. The number of pyridine rings is 1. The van der Waals surface area contributed by atoms with E-state index in [9.17, 15) is 30.8 Å². The Bertz CT molecular complexity index is 1360. The predicted octanol–water partition coefficient (Wildman–Crippen LogP) is 4.84. The Labute approximate surface area is 206 Å². The van der Waals surface area contributed by atoms with Gasteiger partial charge in [0.1, 0.15) is 17.6 Å². The Kier molecular flexibility index (Phi) is 6.90. The van der Waals surface area contributed by atoms with Crippen molar-refractivity contribution in [1.29, 1.82) is 0 Å². The Morgan fingerprint density at radius 2 is 1.97 bits per heavy atom. The highest BCUT2D eigenvalue weighted by molar-refractivity contribution is 7.87. The van der Waals surface area contributed by atoms with Crippen LogP contribution in [0.5, 0.6) is 0 Å². The van der Waals surface area contributed by atoms with Gasteiger partial charge in [0.05, 0.1) is 11.1 Å². The summed E-state index contributed by atoms with van der Waals surface area (Å²) in [4.78, 5) is 16.9. The summed E-state index contributed by atoms with van der Waals surface area (Å²) in [7, 11) is -2.77. The second kappa shape index (κ2) is 9.47. The summed E-state index contributed by atoms with van der Waals surface area (Å²) in [6, 6.07) is 5.53. The van der Waals surface area contributed by atoms with Gasteiger partial charge in [0.2, 0.25) is 5.91 Å². The molecular weight excluding hydrogens is 532 g/mol. The van der Waals surface area contributed by atoms with Crippen LogP contribution >= 0.6 is 22.9 Å². The van der Waals surface area contributed by atoms with Crippen molar-refractivity contribution in [2.45, 2.75) is 24.7 Å². The summed E-state index contributed by atoms with van der Waals surface area (Å²) in [5, 5.41) is 4.02. The Morgan fingerprint density at radius 1 is 1.23 bits per heavy atom. The van der Waals surface area contributed by atoms with E-state index >= 15 is 0 Å². The highest BCUT2D eigenvalue weighted by Gasteiger charge is 2.41. The van der Waals surface area contributed by atoms with Crippen LogP contribution < -0.4 is 10.0 Å². The van der Waals surface area contributed by atoms with E-state index in [2.05, 4.69) is 15.0 Å². The van der Waals surface area contributed by atoms with Gasteiger partial charge in [-0.3, -0.25) is 9.78 Å².